The highest BCUT2D eigenvalue weighted by atomic mass is 16.7. The number of rotatable bonds is 22. The van der Waals surface area contributed by atoms with E-state index < -0.39 is 30.7 Å². The van der Waals surface area contributed by atoms with Crippen LogP contribution in [-0.4, -0.2) is 65.8 Å². The molecule has 3 N–H and O–H groups in total. The maximum Gasteiger partial charge on any atom is 0.186 e. The van der Waals surface area contributed by atoms with Gasteiger partial charge in [0, 0.05) is 13.2 Å². The topological polar surface area (TPSA) is 88.4 Å². The third kappa shape index (κ3) is 14.8. The van der Waals surface area contributed by atoms with Crippen LogP contribution >= 0.6 is 0 Å². The minimum Gasteiger partial charge on any atom is -0.387 e. The van der Waals surface area contributed by atoms with Crippen LogP contribution in [0.4, 0.5) is 0 Å². The predicted octanol–water partition coefficient (Wildman–Crippen LogP) is 5.66. The lowest BCUT2D eigenvalue weighted by Gasteiger charge is -2.40. The van der Waals surface area contributed by atoms with Crippen LogP contribution in [0.25, 0.3) is 0 Å². The van der Waals surface area contributed by atoms with Crippen LogP contribution in [0.1, 0.15) is 117 Å². The molecule has 1 saturated heterocycles. The predicted molar refractivity (Wildman–Crippen MR) is 138 cm³/mol. The Morgan fingerprint density at radius 3 is 1.79 bits per heavy atom. The van der Waals surface area contributed by atoms with Crippen molar-refractivity contribution in [2.24, 2.45) is 0 Å². The maximum absolute atomic E-state index is 10.2. The molecule has 0 saturated carbocycles. The van der Waals surface area contributed by atoms with E-state index in [4.69, 9.17) is 14.2 Å². The van der Waals surface area contributed by atoms with Crippen molar-refractivity contribution in [3.8, 4) is 0 Å². The molecule has 34 heavy (non-hydrogen) atoms. The summed E-state index contributed by atoms with van der Waals surface area (Å²) in [6.45, 7) is 5.55. The number of allylic oxidation sites excluding steroid dienone is 2. The van der Waals surface area contributed by atoms with Gasteiger partial charge in [-0.1, -0.05) is 90.2 Å². The van der Waals surface area contributed by atoms with E-state index >= 15 is 0 Å². The second-order valence-electron chi connectivity index (χ2n) is 9.75. The Morgan fingerprint density at radius 1 is 0.618 bits per heavy atom. The molecule has 0 aromatic heterocycles. The smallest absolute Gasteiger partial charge is 0.186 e. The number of unbranched alkanes of at least 4 members (excludes halogenated alkanes) is 13. The van der Waals surface area contributed by atoms with Gasteiger partial charge in [0.1, 0.15) is 24.4 Å². The van der Waals surface area contributed by atoms with E-state index in [0.29, 0.717) is 13.2 Å². The highest BCUT2D eigenvalue weighted by Gasteiger charge is 2.44. The Kier molecular flexibility index (Phi) is 20.2. The van der Waals surface area contributed by atoms with Crippen LogP contribution in [0, 0.1) is 0 Å². The molecule has 0 bridgehead atoms. The summed E-state index contributed by atoms with van der Waals surface area (Å²) in [5.41, 5.74) is 0. The summed E-state index contributed by atoms with van der Waals surface area (Å²) in [7, 11) is 0. The maximum atomic E-state index is 10.2. The van der Waals surface area contributed by atoms with Crippen molar-refractivity contribution in [2.45, 2.75) is 147 Å². The molecule has 0 radical (unpaired) electrons. The van der Waals surface area contributed by atoms with E-state index in [1.165, 1.54) is 77.0 Å². The summed E-state index contributed by atoms with van der Waals surface area (Å²) in [5, 5.41) is 30.3. The van der Waals surface area contributed by atoms with Crippen molar-refractivity contribution in [1.82, 2.24) is 0 Å². The molecule has 1 rings (SSSR count). The van der Waals surface area contributed by atoms with Gasteiger partial charge in [-0.2, -0.15) is 0 Å². The average Bonchev–Trinajstić information content (AvgIpc) is 2.84. The summed E-state index contributed by atoms with van der Waals surface area (Å²) >= 11 is 0. The van der Waals surface area contributed by atoms with Crippen molar-refractivity contribution in [3.05, 3.63) is 12.2 Å². The summed E-state index contributed by atoms with van der Waals surface area (Å²) in [4.78, 5) is 0. The minimum atomic E-state index is -1.29. The van der Waals surface area contributed by atoms with Gasteiger partial charge in [0.05, 0.1) is 6.61 Å². The molecule has 6 nitrogen and oxygen atoms in total. The Balaban J connectivity index is 1.96. The molecule has 0 amide bonds. The monoisotopic (exact) mass is 486 g/mol. The van der Waals surface area contributed by atoms with Gasteiger partial charge < -0.3 is 29.5 Å². The van der Waals surface area contributed by atoms with E-state index in [9.17, 15) is 15.3 Å². The quantitative estimate of drug-likeness (QED) is 0.135. The molecule has 5 atom stereocenters. The molecule has 0 spiro atoms. The van der Waals surface area contributed by atoms with Crippen molar-refractivity contribution >= 4 is 0 Å². The van der Waals surface area contributed by atoms with E-state index in [1.807, 2.05) is 6.92 Å². The fraction of sp³-hybridized carbons (Fsp3) is 0.929. The molecule has 1 fully saturated rings. The molecule has 6 heteroatoms. The van der Waals surface area contributed by atoms with Gasteiger partial charge in [-0.05, 0) is 38.5 Å². The fourth-order valence-corrected chi connectivity index (χ4v) is 4.19. The molecule has 1 unspecified atom stereocenters. The zero-order chi connectivity index (χ0) is 24.9. The van der Waals surface area contributed by atoms with Crippen LogP contribution in [0.15, 0.2) is 12.2 Å². The van der Waals surface area contributed by atoms with Crippen LogP contribution in [0.3, 0.4) is 0 Å². The van der Waals surface area contributed by atoms with E-state index in [-0.39, 0.29) is 6.61 Å². The number of ether oxygens (including phenoxy) is 3. The van der Waals surface area contributed by atoms with Crippen LogP contribution in [-0.2, 0) is 14.2 Å². The first-order valence-corrected chi connectivity index (χ1v) is 14.2. The lowest BCUT2D eigenvalue weighted by Crippen LogP contribution is -2.59. The van der Waals surface area contributed by atoms with Crippen molar-refractivity contribution < 1.29 is 29.5 Å². The van der Waals surface area contributed by atoms with E-state index in [2.05, 4.69) is 19.1 Å². The summed E-state index contributed by atoms with van der Waals surface area (Å²) in [5.74, 6) is 0. The first kappa shape index (κ1) is 31.5. The Morgan fingerprint density at radius 2 is 1.18 bits per heavy atom. The van der Waals surface area contributed by atoms with Crippen molar-refractivity contribution in [2.75, 3.05) is 19.8 Å². The molecular formula is C28H54O6. The number of aliphatic hydroxyl groups is 3. The Bertz CT molecular complexity index is 472. The number of aliphatic hydroxyl groups excluding tert-OH is 3. The molecule has 1 heterocycles. The third-order valence-electron chi connectivity index (χ3n) is 6.53. The van der Waals surface area contributed by atoms with Gasteiger partial charge in [-0.3, -0.25) is 0 Å². The van der Waals surface area contributed by atoms with Gasteiger partial charge in [-0.15, -0.1) is 0 Å². The van der Waals surface area contributed by atoms with Crippen molar-refractivity contribution in [3.63, 3.8) is 0 Å². The average molecular weight is 487 g/mol. The van der Waals surface area contributed by atoms with Gasteiger partial charge in [0.2, 0.25) is 0 Å². The first-order chi connectivity index (χ1) is 16.6. The van der Waals surface area contributed by atoms with Gasteiger partial charge in [-0.25, -0.2) is 0 Å². The van der Waals surface area contributed by atoms with Crippen LogP contribution in [0.5, 0.6) is 0 Å². The van der Waals surface area contributed by atoms with Gasteiger partial charge >= 0.3 is 0 Å². The number of hydrogen-bond acceptors (Lipinski definition) is 6. The molecule has 0 aliphatic carbocycles. The van der Waals surface area contributed by atoms with Gasteiger partial charge in [0.25, 0.3) is 0 Å². The van der Waals surface area contributed by atoms with Gasteiger partial charge in [0.15, 0.2) is 6.29 Å². The molecule has 1 aliphatic heterocycles. The lowest BCUT2D eigenvalue weighted by molar-refractivity contribution is -0.302. The zero-order valence-corrected chi connectivity index (χ0v) is 22.0. The zero-order valence-electron chi connectivity index (χ0n) is 22.0. The number of hydrogen-bond donors (Lipinski definition) is 3. The third-order valence-corrected chi connectivity index (χ3v) is 6.53. The minimum absolute atomic E-state index is 0.184. The summed E-state index contributed by atoms with van der Waals surface area (Å²) in [6.07, 6.45) is 19.0. The summed E-state index contributed by atoms with van der Waals surface area (Å²) in [6, 6.07) is 0. The van der Waals surface area contributed by atoms with E-state index in [1.54, 1.807) is 0 Å². The van der Waals surface area contributed by atoms with Crippen molar-refractivity contribution in [1.29, 1.82) is 0 Å². The second kappa shape index (κ2) is 21.8. The highest BCUT2D eigenvalue weighted by Crippen LogP contribution is 2.23. The van der Waals surface area contributed by atoms with E-state index in [0.717, 1.165) is 25.7 Å². The highest BCUT2D eigenvalue weighted by molar-refractivity contribution is 4.89. The second-order valence-corrected chi connectivity index (χ2v) is 9.75. The first-order valence-electron chi connectivity index (χ1n) is 14.2. The van der Waals surface area contributed by atoms with Crippen LogP contribution < -0.4 is 0 Å². The molecule has 202 valence electrons. The SMILES string of the molecule is CCCCCCCC/C=C\CCCCCCCCOC[C@H]1OC(OCCCC)[C@H](O)[C@@H](O)[C@@H]1O. The largest absolute Gasteiger partial charge is 0.387 e. The normalized spacial score (nSPS) is 25.4. The summed E-state index contributed by atoms with van der Waals surface area (Å²) < 4.78 is 16.8. The Labute approximate surface area is 209 Å². The molecule has 0 aromatic rings. The Hall–Kier alpha value is -0.500. The molecule has 1 aliphatic rings. The molecule has 0 aromatic carbocycles. The standard InChI is InChI=1S/C28H54O6/c1-3-5-7-8-9-10-11-12-13-14-15-16-17-18-19-20-21-32-23-24-25(29)26(30)27(31)28(34-24)33-22-6-4-2/h12-13,24-31H,3-11,14-23H2,1-2H3/b13-12-/t24-,25-,26+,27-,28?/m1/s1. The fourth-order valence-electron chi connectivity index (χ4n) is 4.19. The van der Waals surface area contributed by atoms with Crippen LogP contribution in [0.2, 0.25) is 0 Å². The lowest BCUT2D eigenvalue weighted by atomic mass is 9.99. The molecular weight excluding hydrogens is 432 g/mol.